The van der Waals surface area contributed by atoms with Gasteiger partial charge in [0.25, 0.3) is 5.56 Å². The van der Waals surface area contributed by atoms with Gasteiger partial charge in [-0.15, -0.1) is 0 Å². The van der Waals surface area contributed by atoms with Crippen LogP contribution in [0.2, 0.25) is 0 Å². The van der Waals surface area contributed by atoms with E-state index in [-0.39, 0.29) is 12.1 Å². The van der Waals surface area contributed by atoms with Crippen LogP contribution in [0.3, 0.4) is 0 Å². The first kappa shape index (κ1) is 18.7. The number of rotatable bonds is 4. The van der Waals surface area contributed by atoms with Gasteiger partial charge >= 0.3 is 12.1 Å². The maximum Gasteiger partial charge on any atom is 0.407 e. The van der Waals surface area contributed by atoms with Gasteiger partial charge in [0.1, 0.15) is 5.60 Å². The highest BCUT2D eigenvalue weighted by atomic mass is 19.1. The number of alkyl carbamates (subject to hydrolysis) is 1. The molecule has 0 fully saturated rings. The molecule has 1 N–H and O–H groups in total. The van der Waals surface area contributed by atoms with Gasteiger partial charge in [-0.05, 0) is 33.8 Å². The molecule has 0 unspecified atom stereocenters. The minimum atomic E-state index is -1.07. The van der Waals surface area contributed by atoms with Gasteiger partial charge in [-0.3, -0.25) is 4.79 Å². The zero-order chi connectivity index (χ0) is 17.8. The number of carbonyl (C=O) groups excluding carboxylic acids is 2. The van der Waals surface area contributed by atoms with Gasteiger partial charge in [-0.2, -0.15) is 0 Å². The van der Waals surface area contributed by atoms with Crippen molar-refractivity contribution in [3.63, 3.8) is 0 Å². The van der Waals surface area contributed by atoms with Gasteiger partial charge in [0.05, 0.1) is 12.7 Å². The van der Waals surface area contributed by atoms with Crippen molar-refractivity contribution in [2.45, 2.75) is 45.9 Å². The fourth-order valence-corrected chi connectivity index (χ4v) is 1.81. The molecule has 0 aromatic carbocycles. The molecule has 7 nitrogen and oxygen atoms in total. The molecule has 0 aliphatic heterocycles. The SMILES string of the molecule is COC(=O)c1cc(F)c(=O)n(C[C@H](C)NC(=O)OC(C)(C)C)c1. The van der Waals surface area contributed by atoms with Gasteiger partial charge in [-0.25, -0.2) is 14.0 Å². The van der Waals surface area contributed by atoms with Gasteiger partial charge < -0.3 is 19.4 Å². The summed E-state index contributed by atoms with van der Waals surface area (Å²) in [7, 11) is 1.16. The van der Waals surface area contributed by atoms with E-state index in [2.05, 4.69) is 10.1 Å². The number of aromatic nitrogens is 1. The smallest absolute Gasteiger partial charge is 0.407 e. The first-order valence-corrected chi connectivity index (χ1v) is 7.01. The Morgan fingerprint density at radius 3 is 2.52 bits per heavy atom. The van der Waals surface area contributed by atoms with Crippen molar-refractivity contribution >= 4 is 12.1 Å². The van der Waals surface area contributed by atoms with E-state index in [1.807, 2.05) is 0 Å². The molecule has 23 heavy (non-hydrogen) atoms. The molecule has 1 aromatic rings. The number of nitrogens with zero attached hydrogens (tertiary/aromatic N) is 1. The Labute approximate surface area is 133 Å². The minimum Gasteiger partial charge on any atom is -0.465 e. The summed E-state index contributed by atoms with van der Waals surface area (Å²) in [6, 6.07) is 0.297. The molecule has 1 rings (SSSR count). The van der Waals surface area contributed by atoms with Crippen molar-refractivity contribution < 1.29 is 23.5 Å². The van der Waals surface area contributed by atoms with E-state index in [9.17, 15) is 18.8 Å². The number of hydrogen-bond donors (Lipinski definition) is 1. The number of carbonyl (C=O) groups is 2. The van der Waals surface area contributed by atoms with Crippen LogP contribution in [0.4, 0.5) is 9.18 Å². The van der Waals surface area contributed by atoms with Crippen molar-refractivity contribution in [3.05, 3.63) is 34.0 Å². The van der Waals surface area contributed by atoms with Crippen molar-refractivity contribution in [1.82, 2.24) is 9.88 Å². The second-order valence-corrected chi connectivity index (χ2v) is 6.07. The first-order chi connectivity index (χ1) is 10.5. The average molecular weight is 328 g/mol. The van der Waals surface area contributed by atoms with Crippen LogP contribution >= 0.6 is 0 Å². The summed E-state index contributed by atoms with van der Waals surface area (Å²) >= 11 is 0. The molecule has 1 heterocycles. The summed E-state index contributed by atoms with van der Waals surface area (Å²) in [5, 5.41) is 2.53. The monoisotopic (exact) mass is 328 g/mol. The highest BCUT2D eigenvalue weighted by molar-refractivity contribution is 5.88. The van der Waals surface area contributed by atoms with Gasteiger partial charge in [0, 0.05) is 18.8 Å². The minimum absolute atomic E-state index is 0.0279. The summed E-state index contributed by atoms with van der Waals surface area (Å²) in [5.41, 5.74) is -1.64. The molecule has 0 radical (unpaired) electrons. The van der Waals surface area contributed by atoms with Crippen molar-refractivity contribution in [1.29, 1.82) is 0 Å². The Balaban J connectivity index is 2.87. The third-order valence-electron chi connectivity index (χ3n) is 2.70. The second kappa shape index (κ2) is 7.26. The van der Waals surface area contributed by atoms with Crippen LogP contribution in [-0.2, 0) is 16.0 Å². The quantitative estimate of drug-likeness (QED) is 0.850. The van der Waals surface area contributed by atoms with E-state index in [0.29, 0.717) is 0 Å². The Kier molecular flexibility index (Phi) is 5.89. The van der Waals surface area contributed by atoms with E-state index < -0.39 is 35.1 Å². The highest BCUT2D eigenvalue weighted by Crippen LogP contribution is 2.07. The molecule has 0 aliphatic carbocycles. The van der Waals surface area contributed by atoms with Crippen molar-refractivity contribution in [2.24, 2.45) is 0 Å². The maximum absolute atomic E-state index is 13.6. The van der Waals surface area contributed by atoms with Crippen LogP contribution in [0.25, 0.3) is 0 Å². The van der Waals surface area contributed by atoms with E-state index in [4.69, 9.17) is 4.74 Å². The number of pyridine rings is 1. The summed E-state index contributed by atoms with van der Waals surface area (Å²) in [6.07, 6.45) is 0.535. The average Bonchev–Trinajstić information content (AvgIpc) is 2.40. The summed E-state index contributed by atoms with van der Waals surface area (Å²) in [5.74, 6) is -1.83. The molecule has 0 bridgehead atoms. The largest absolute Gasteiger partial charge is 0.465 e. The molecule has 8 heteroatoms. The highest BCUT2D eigenvalue weighted by Gasteiger charge is 2.19. The van der Waals surface area contributed by atoms with Crippen molar-refractivity contribution in [2.75, 3.05) is 7.11 Å². The zero-order valence-corrected chi connectivity index (χ0v) is 13.8. The topological polar surface area (TPSA) is 86.6 Å². The Morgan fingerprint density at radius 2 is 2.00 bits per heavy atom. The summed E-state index contributed by atoms with van der Waals surface area (Å²) in [4.78, 5) is 34.9. The fraction of sp³-hybridized carbons (Fsp3) is 0.533. The third-order valence-corrected chi connectivity index (χ3v) is 2.70. The summed E-state index contributed by atoms with van der Waals surface area (Å²) in [6.45, 7) is 6.75. The fourth-order valence-electron chi connectivity index (χ4n) is 1.81. The van der Waals surface area contributed by atoms with Crippen LogP contribution in [0, 0.1) is 5.82 Å². The number of ether oxygens (including phenoxy) is 2. The lowest BCUT2D eigenvalue weighted by atomic mass is 10.2. The molecule has 1 amide bonds. The summed E-state index contributed by atoms with van der Waals surface area (Å²) < 4.78 is 24.2. The van der Waals surface area contributed by atoms with E-state index >= 15 is 0 Å². The predicted molar refractivity (Wildman–Crippen MR) is 80.8 cm³/mol. The number of amides is 1. The Hall–Kier alpha value is -2.38. The standard InChI is InChI=1S/C15H21FN2O5/c1-9(17-14(21)23-15(2,3)4)7-18-8-10(13(20)22-5)6-11(16)12(18)19/h6,8-9H,7H2,1-5H3,(H,17,21)/t9-/m0/s1. The molecule has 1 aromatic heterocycles. The second-order valence-electron chi connectivity index (χ2n) is 6.07. The molecule has 128 valence electrons. The van der Waals surface area contributed by atoms with E-state index in [1.165, 1.54) is 6.20 Å². The molecule has 0 saturated heterocycles. The van der Waals surface area contributed by atoms with E-state index in [1.54, 1.807) is 27.7 Å². The molecular formula is C15H21FN2O5. The Bertz CT molecular complexity index is 648. The lowest BCUT2D eigenvalue weighted by molar-refractivity contribution is 0.0502. The lowest BCUT2D eigenvalue weighted by Gasteiger charge is -2.22. The molecule has 0 spiro atoms. The van der Waals surface area contributed by atoms with E-state index in [0.717, 1.165) is 17.7 Å². The molecular weight excluding hydrogens is 307 g/mol. The van der Waals surface area contributed by atoms with Crippen LogP contribution in [0.5, 0.6) is 0 Å². The molecule has 0 saturated carbocycles. The number of hydrogen-bond acceptors (Lipinski definition) is 5. The maximum atomic E-state index is 13.6. The predicted octanol–water partition coefficient (Wildman–Crippen LogP) is 1.69. The van der Waals surface area contributed by atoms with Crippen LogP contribution < -0.4 is 10.9 Å². The molecule has 1 atom stereocenters. The van der Waals surface area contributed by atoms with Crippen molar-refractivity contribution in [3.8, 4) is 0 Å². The number of esters is 1. The first-order valence-electron chi connectivity index (χ1n) is 7.01. The third kappa shape index (κ3) is 5.72. The number of nitrogens with one attached hydrogen (secondary N) is 1. The number of halogens is 1. The van der Waals surface area contributed by atoms with Crippen LogP contribution in [0.1, 0.15) is 38.1 Å². The molecule has 0 aliphatic rings. The Morgan fingerprint density at radius 1 is 1.39 bits per heavy atom. The van der Waals surface area contributed by atoms with Gasteiger partial charge in [0.2, 0.25) is 0 Å². The van der Waals surface area contributed by atoms with Crippen LogP contribution in [-0.4, -0.2) is 35.4 Å². The normalized spacial score (nSPS) is 12.4. The van der Waals surface area contributed by atoms with Gasteiger partial charge in [0.15, 0.2) is 5.82 Å². The zero-order valence-electron chi connectivity index (χ0n) is 13.8. The number of methoxy groups -OCH3 is 1. The van der Waals surface area contributed by atoms with Gasteiger partial charge in [-0.1, -0.05) is 0 Å². The lowest BCUT2D eigenvalue weighted by Crippen LogP contribution is -2.41. The van der Waals surface area contributed by atoms with Crippen LogP contribution in [0.15, 0.2) is 17.1 Å².